The summed E-state index contributed by atoms with van der Waals surface area (Å²) in [6.45, 7) is 2.99. The summed E-state index contributed by atoms with van der Waals surface area (Å²) in [5, 5.41) is 5.41. The van der Waals surface area contributed by atoms with E-state index < -0.39 is 0 Å². The van der Waals surface area contributed by atoms with Crippen molar-refractivity contribution >= 4 is 17.3 Å². The lowest BCUT2D eigenvalue weighted by Crippen LogP contribution is -2.04. The Morgan fingerprint density at radius 3 is 3.00 bits per heavy atom. The molecule has 74 valence electrons. The van der Waals surface area contributed by atoms with E-state index in [9.17, 15) is 0 Å². The van der Waals surface area contributed by atoms with Crippen molar-refractivity contribution in [2.24, 2.45) is 7.05 Å². The van der Waals surface area contributed by atoms with Crippen LogP contribution in [0, 0.1) is 6.92 Å². The normalized spacial score (nSPS) is 10.4. The molecule has 0 amide bonds. The third-order valence-corrected chi connectivity index (χ3v) is 3.22. The monoisotopic (exact) mass is 207 g/mol. The first-order valence-corrected chi connectivity index (χ1v) is 5.39. The number of aromatic nitrogens is 2. The molecule has 0 aliphatic rings. The number of imidazole rings is 1. The molecule has 1 N–H and O–H groups in total. The summed E-state index contributed by atoms with van der Waals surface area (Å²) in [5.41, 5.74) is 1.34. The minimum absolute atomic E-state index is 0.856. The molecule has 0 unspecified atom stereocenters. The summed E-state index contributed by atoms with van der Waals surface area (Å²) in [6.07, 6.45) is 3.73. The van der Waals surface area contributed by atoms with Crippen molar-refractivity contribution in [3.05, 3.63) is 34.3 Å². The van der Waals surface area contributed by atoms with Crippen LogP contribution in [-0.4, -0.2) is 9.55 Å². The van der Waals surface area contributed by atoms with Crippen LogP contribution in [0.15, 0.2) is 23.8 Å². The van der Waals surface area contributed by atoms with Crippen LogP contribution in [0.4, 0.5) is 5.95 Å². The van der Waals surface area contributed by atoms with E-state index in [4.69, 9.17) is 0 Å². The van der Waals surface area contributed by atoms with Crippen molar-refractivity contribution in [2.75, 3.05) is 5.32 Å². The lowest BCUT2D eigenvalue weighted by molar-refractivity contribution is 0.902. The van der Waals surface area contributed by atoms with E-state index in [1.807, 2.05) is 17.8 Å². The van der Waals surface area contributed by atoms with E-state index in [0.717, 1.165) is 12.5 Å². The lowest BCUT2D eigenvalue weighted by atomic mass is 10.3. The van der Waals surface area contributed by atoms with Gasteiger partial charge in [0.15, 0.2) is 0 Å². The van der Waals surface area contributed by atoms with E-state index in [1.165, 1.54) is 10.4 Å². The molecule has 0 bridgehead atoms. The fourth-order valence-corrected chi connectivity index (χ4v) is 2.13. The minimum Gasteiger partial charge on any atom is -0.351 e. The Hall–Kier alpha value is -1.29. The molecule has 2 aromatic rings. The Morgan fingerprint density at radius 2 is 2.43 bits per heavy atom. The average Bonchev–Trinajstić information content (AvgIpc) is 2.72. The number of nitrogens with one attached hydrogen (secondary N) is 1. The van der Waals surface area contributed by atoms with Gasteiger partial charge in [-0.15, -0.1) is 11.3 Å². The molecule has 2 heterocycles. The van der Waals surface area contributed by atoms with Gasteiger partial charge >= 0.3 is 0 Å². The summed E-state index contributed by atoms with van der Waals surface area (Å²) in [5.74, 6) is 0.915. The zero-order valence-electron chi connectivity index (χ0n) is 8.32. The number of aryl methyl sites for hydroxylation is 2. The predicted octanol–water partition coefficient (Wildman–Crippen LogP) is 2.40. The first-order chi connectivity index (χ1) is 6.77. The smallest absolute Gasteiger partial charge is 0.202 e. The Balaban J connectivity index is 2.02. The summed E-state index contributed by atoms with van der Waals surface area (Å²) >= 11 is 1.78. The first kappa shape index (κ1) is 9.27. The Bertz CT molecular complexity index is 376. The largest absolute Gasteiger partial charge is 0.351 e. The fourth-order valence-electron chi connectivity index (χ4n) is 1.28. The van der Waals surface area contributed by atoms with Crippen molar-refractivity contribution < 1.29 is 0 Å². The maximum atomic E-state index is 4.20. The molecule has 2 rings (SSSR count). The van der Waals surface area contributed by atoms with Crippen LogP contribution in [0.25, 0.3) is 0 Å². The van der Waals surface area contributed by atoms with Crippen LogP contribution >= 0.6 is 11.3 Å². The highest BCUT2D eigenvalue weighted by molar-refractivity contribution is 7.10. The molecule has 0 aliphatic carbocycles. The van der Waals surface area contributed by atoms with Crippen LogP contribution in [-0.2, 0) is 13.6 Å². The highest BCUT2D eigenvalue weighted by atomic mass is 32.1. The Morgan fingerprint density at radius 1 is 1.57 bits per heavy atom. The zero-order chi connectivity index (χ0) is 9.97. The van der Waals surface area contributed by atoms with Crippen LogP contribution in [0.5, 0.6) is 0 Å². The van der Waals surface area contributed by atoms with Crippen LogP contribution in [0.1, 0.15) is 10.4 Å². The van der Waals surface area contributed by atoms with E-state index in [-0.39, 0.29) is 0 Å². The van der Waals surface area contributed by atoms with E-state index in [1.54, 1.807) is 17.5 Å². The second kappa shape index (κ2) is 3.84. The summed E-state index contributed by atoms with van der Waals surface area (Å²) in [7, 11) is 1.98. The van der Waals surface area contributed by atoms with Crippen molar-refractivity contribution in [1.29, 1.82) is 0 Å². The van der Waals surface area contributed by atoms with Gasteiger partial charge in [0.2, 0.25) is 5.95 Å². The topological polar surface area (TPSA) is 29.9 Å². The molecule has 0 atom stereocenters. The van der Waals surface area contributed by atoms with E-state index in [2.05, 4.69) is 28.7 Å². The number of hydrogen-bond acceptors (Lipinski definition) is 3. The quantitative estimate of drug-likeness (QED) is 0.837. The molecule has 0 saturated heterocycles. The highest BCUT2D eigenvalue weighted by Crippen LogP contribution is 2.16. The SMILES string of the molecule is Cc1ccsc1CNc1nccn1C. The molecule has 0 fully saturated rings. The van der Waals surface area contributed by atoms with Gasteiger partial charge in [0.05, 0.1) is 6.54 Å². The van der Waals surface area contributed by atoms with E-state index in [0.29, 0.717) is 0 Å². The Labute approximate surface area is 87.4 Å². The van der Waals surface area contributed by atoms with Crippen molar-refractivity contribution in [1.82, 2.24) is 9.55 Å². The van der Waals surface area contributed by atoms with Gasteiger partial charge in [-0.05, 0) is 23.9 Å². The van der Waals surface area contributed by atoms with Crippen LogP contribution < -0.4 is 5.32 Å². The second-order valence-corrected chi connectivity index (χ2v) is 4.24. The third-order valence-electron chi connectivity index (χ3n) is 2.20. The lowest BCUT2D eigenvalue weighted by Gasteiger charge is -2.04. The first-order valence-electron chi connectivity index (χ1n) is 4.51. The second-order valence-electron chi connectivity index (χ2n) is 3.24. The van der Waals surface area contributed by atoms with Gasteiger partial charge in [-0.3, -0.25) is 0 Å². The van der Waals surface area contributed by atoms with Gasteiger partial charge in [-0.1, -0.05) is 0 Å². The Kier molecular flexibility index (Phi) is 2.54. The maximum Gasteiger partial charge on any atom is 0.202 e. The minimum atomic E-state index is 0.856. The van der Waals surface area contributed by atoms with Gasteiger partial charge in [0, 0.05) is 24.3 Å². The van der Waals surface area contributed by atoms with Gasteiger partial charge in [-0.25, -0.2) is 4.98 Å². The predicted molar refractivity (Wildman–Crippen MR) is 59.6 cm³/mol. The molecule has 0 aromatic carbocycles. The third kappa shape index (κ3) is 1.80. The van der Waals surface area contributed by atoms with Crippen LogP contribution in [0.2, 0.25) is 0 Å². The average molecular weight is 207 g/mol. The van der Waals surface area contributed by atoms with Gasteiger partial charge in [-0.2, -0.15) is 0 Å². The van der Waals surface area contributed by atoms with Crippen molar-refractivity contribution in [3.63, 3.8) is 0 Å². The van der Waals surface area contributed by atoms with Crippen LogP contribution in [0.3, 0.4) is 0 Å². The van der Waals surface area contributed by atoms with E-state index >= 15 is 0 Å². The number of hydrogen-bond donors (Lipinski definition) is 1. The van der Waals surface area contributed by atoms with Gasteiger partial charge < -0.3 is 9.88 Å². The fraction of sp³-hybridized carbons (Fsp3) is 0.300. The number of nitrogens with zero attached hydrogens (tertiary/aromatic N) is 2. The van der Waals surface area contributed by atoms with Crippen molar-refractivity contribution in [3.8, 4) is 0 Å². The van der Waals surface area contributed by atoms with Crippen molar-refractivity contribution in [2.45, 2.75) is 13.5 Å². The number of anilines is 1. The molecular weight excluding hydrogens is 194 g/mol. The number of thiophene rings is 1. The molecule has 0 radical (unpaired) electrons. The molecular formula is C10H13N3S. The molecule has 4 heteroatoms. The molecule has 0 spiro atoms. The maximum absolute atomic E-state index is 4.20. The molecule has 2 aromatic heterocycles. The summed E-state index contributed by atoms with van der Waals surface area (Å²) in [4.78, 5) is 5.57. The summed E-state index contributed by atoms with van der Waals surface area (Å²) < 4.78 is 1.98. The number of rotatable bonds is 3. The molecule has 0 saturated carbocycles. The highest BCUT2D eigenvalue weighted by Gasteiger charge is 2.01. The molecule has 0 aliphatic heterocycles. The molecule has 14 heavy (non-hydrogen) atoms. The molecule has 3 nitrogen and oxygen atoms in total. The standard InChI is InChI=1S/C10H13N3S/c1-8-3-6-14-9(8)7-12-10-11-4-5-13(10)2/h3-6H,7H2,1-2H3,(H,11,12). The zero-order valence-corrected chi connectivity index (χ0v) is 9.14. The van der Waals surface area contributed by atoms with Gasteiger partial charge in [0.1, 0.15) is 0 Å². The summed E-state index contributed by atoms with van der Waals surface area (Å²) in [6, 6.07) is 2.14. The van der Waals surface area contributed by atoms with Gasteiger partial charge in [0.25, 0.3) is 0 Å².